The molecule has 3 N–H and O–H groups in total. The average Bonchev–Trinajstić information content (AvgIpc) is 3.04. The molecule has 1 saturated carbocycles. The smallest absolute Gasteiger partial charge is 0.227 e. The van der Waals surface area contributed by atoms with E-state index in [1.807, 2.05) is 48.5 Å². The first-order valence-electron chi connectivity index (χ1n) is 8.18. The van der Waals surface area contributed by atoms with Crippen molar-refractivity contribution in [2.75, 3.05) is 0 Å². The van der Waals surface area contributed by atoms with E-state index in [2.05, 4.69) is 4.98 Å². The molecule has 0 amide bonds. The van der Waals surface area contributed by atoms with Gasteiger partial charge in [0.2, 0.25) is 5.89 Å². The van der Waals surface area contributed by atoms with E-state index in [9.17, 15) is 5.11 Å². The van der Waals surface area contributed by atoms with Crippen LogP contribution in [0.15, 0.2) is 52.9 Å². The van der Waals surface area contributed by atoms with Crippen LogP contribution in [0, 0.1) is 0 Å². The van der Waals surface area contributed by atoms with Crippen molar-refractivity contribution in [3.05, 3.63) is 54.1 Å². The van der Waals surface area contributed by atoms with Crippen LogP contribution in [0.1, 0.15) is 24.8 Å². The molecule has 4 rings (SSSR count). The molecule has 4 nitrogen and oxygen atoms in total. The standard InChI is InChI=1S/C19H19ClN2O2/c20-19(16(21)6-3-7-17(19)23)13-10-8-12(9-11-13)18-22-14-4-1-2-5-15(14)24-18/h1-2,4-5,8-11,16-17,23H,3,6-7,21H2/t16-,17-,19+/m0/s1. The van der Waals surface area contributed by atoms with E-state index < -0.39 is 11.0 Å². The molecule has 0 unspecified atom stereocenters. The Morgan fingerprint density at radius 2 is 1.88 bits per heavy atom. The highest BCUT2D eigenvalue weighted by atomic mass is 35.5. The zero-order valence-corrected chi connectivity index (χ0v) is 13.9. The average molecular weight is 343 g/mol. The van der Waals surface area contributed by atoms with Crippen LogP contribution in [-0.4, -0.2) is 22.2 Å². The largest absolute Gasteiger partial charge is 0.436 e. The van der Waals surface area contributed by atoms with Crippen LogP contribution in [0.4, 0.5) is 0 Å². The summed E-state index contributed by atoms with van der Waals surface area (Å²) in [5.41, 5.74) is 9.51. The number of halogens is 1. The highest BCUT2D eigenvalue weighted by Gasteiger charge is 2.45. The molecule has 1 aromatic heterocycles. The molecule has 1 fully saturated rings. The number of hydrogen-bond donors (Lipinski definition) is 2. The van der Waals surface area contributed by atoms with Gasteiger partial charge in [0.15, 0.2) is 5.58 Å². The molecule has 1 aliphatic rings. The second-order valence-corrected chi connectivity index (χ2v) is 7.01. The quantitative estimate of drug-likeness (QED) is 0.695. The van der Waals surface area contributed by atoms with Crippen molar-refractivity contribution >= 4 is 22.7 Å². The highest BCUT2D eigenvalue weighted by Crippen LogP contribution is 2.43. The lowest BCUT2D eigenvalue weighted by atomic mass is 9.77. The number of alkyl halides is 1. The van der Waals surface area contributed by atoms with Crippen molar-refractivity contribution in [1.29, 1.82) is 0 Å². The molecule has 0 radical (unpaired) electrons. The van der Waals surface area contributed by atoms with E-state index in [0.29, 0.717) is 12.3 Å². The van der Waals surface area contributed by atoms with E-state index in [4.69, 9.17) is 21.8 Å². The molecule has 0 bridgehead atoms. The van der Waals surface area contributed by atoms with Crippen molar-refractivity contribution in [3.63, 3.8) is 0 Å². The maximum atomic E-state index is 10.4. The first kappa shape index (κ1) is 15.6. The van der Waals surface area contributed by atoms with Crippen molar-refractivity contribution in [2.45, 2.75) is 36.3 Å². The van der Waals surface area contributed by atoms with Gasteiger partial charge < -0.3 is 15.3 Å². The molecule has 1 aliphatic carbocycles. The van der Waals surface area contributed by atoms with E-state index in [1.54, 1.807) is 0 Å². The second-order valence-electron chi connectivity index (χ2n) is 6.39. The summed E-state index contributed by atoms with van der Waals surface area (Å²) in [5.74, 6) is 0.569. The summed E-state index contributed by atoms with van der Waals surface area (Å²) in [4.78, 5) is 3.57. The summed E-state index contributed by atoms with van der Waals surface area (Å²) in [5, 5.41) is 10.4. The number of hydrogen-bond acceptors (Lipinski definition) is 4. The Hall–Kier alpha value is -1.88. The molecule has 0 spiro atoms. The molecule has 0 saturated heterocycles. The molecule has 0 aliphatic heterocycles. The van der Waals surface area contributed by atoms with Gasteiger partial charge in [0, 0.05) is 11.6 Å². The molecule has 1 heterocycles. The van der Waals surface area contributed by atoms with E-state index >= 15 is 0 Å². The lowest BCUT2D eigenvalue weighted by Crippen LogP contribution is -2.52. The number of benzene rings is 2. The highest BCUT2D eigenvalue weighted by molar-refractivity contribution is 6.25. The number of aromatic nitrogens is 1. The van der Waals surface area contributed by atoms with Crippen LogP contribution in [-0.2, 0) is 4.87 Å². The zero-order chi connectivity index (χ0) is 16.7. The van der Waals surface area contributed by atoms with Crippen LogP contribution in [0.5, 0.6) is 0 Å². The number of nitrogens with two attached hydrogens (primary N) is 1. The van der Waals surface area contributed by atoms with Crippen molar-refractivity contribution < 1.29 is 9.52 Å². The van der Waals surface area contributed by atoms with Crippen LogP contribution in [0.3, 0.4) is 0 Å². The monoisotopic (exact) mass is 342 g/mol. The Labute approximate surface area is 145 Å². The molecule has 2 aromatic carbocycles. The predicted octanol–water partition coefficient (Wildman–Crippen LogP) is 3.80. The lowest BCUT2D eigenvalue weighted by Gasteiger charge is -2.41. The van der Waals surface area contributed by atoms with Gasteiger partial charge in [-0.1, -0.05) is 24.3 Å². The number of nitrogens with zero attached hydrogens (tertiary/aromatic N) is 1. The number of para-hydroxylation sites is 2. The third-order valence-electron chi connectivity index (χ3n) is 4.89. The summed E-state index contributed by atoms with van der Waals surface area (Å²) in [7, 11) is 0. The first-order valence-corrected chi connectivity index (χ1v) is 8.56. The number of rotatable bonds is 2. The topological polar surface area (TPSA) is 72.3 Å². The van der Waals surface area contributed by atoms with Crippen molar-refractivity contribution in [1.82, 2.24) is 4.98 Å². The van der Waals surface area contributed by atoms with Crippen LogP contribution in [0.25, 0.3) is 22.6 Å². The normalized spacial score (nSPS) is 27.5. The van der Waals surface area contributed by atoms with Gasteiger partial charge in [0.1, 0.15) is 10.4 Å². The van der Waals surface area contributed by atoms with Gasteiger partial charge in [-0.2, -0.15) is 0 Å². The molecule has 24 heavy (non-hydrogen) atoms. The summed E-state index contributed by atoms with van der Waals surface area (Å²) in [6.45, 7) is 0. The molecular formula is C19H19ClN2O2. The number of fused-ring (bicyclic) bond motifs is 1. The van der Waals surface area contributed by atoms with Crippen LogP contribution < -0.4 is 5.73 Å². The Bertz CT molecular complexity index is 816. The van der Waals surface area contributed by atoms with Gasteiger partial charge in [-0.3, -0.25) is 0 Å². The maximum absolute atomic E-state index is 10.4. The van der Waals surface area contributed by atoms with Crippen LogP contribution in [0.2, 0.25) is 0 Å². The van der Waals surface area contributed by atoms with Gasteiger partial charge >= 0.3 is 0 Å². The Morgan fingerprint density at radius 3 is 2.58 bits per heavy atom. The molecule has 3 aromatic rings. The third kappa shape index (κ3) is 2.42. The fourth-order valence-corrected chi connectivity index (χ4v) is 3.81. The molecule has 3 atom stereocenters. The van der Waals surface area contributed by atoms with Gasteiger partial charge in [0.25, 0.3) is 0 Å². The Morgan fingerprint density at radius 1 is 1.12 bits per heavy atom. The molecular weight excluding hydrogens is 324 g/mol. The van der Waals surface area contributed by atoms with Crippen molar-refractivity contribution in [3.8, 4) is 11.5 Å². The van der Waals surface area contributed by atoms with Gasteiger partial charge in [-0.15, -0.1) is 11.6 Å². The van der Waals surface area contributed by atoms with Gasteiger partial charge in [-0.25, -0.2) is 4.98 Å². The minimum absolute atomic E-state index is 0.266. The SMILES string of the molecule is N[C@H]1CCC[C@H](O)[C@@]1(Cl)c1ccc(-c2nc3ccccc3o2)cc1. The van der Waals surface area contributed by atoms with Gasteiger partial charge in [0.05, 0.1) is 6.10 Å². The second kappa shape index (κ2) is 5.88. The minimum Gasteiger partial charge on any atom is -0.436 e. The van der Waals surface area contributed by atoms with E-state index in [1.165, 1.54) is 0 Å². The minimum atomic E-state index is -0.932. The number of oxazole rings is 1. The first-order chi connectivity index (χ1) is 11.6. The summed E-state index contributed by atoms with van der Waals surface area (Å²) >= 11 is 6.75. The van der Waals surface area contributed by atoms with Crippen molar-refractivity contribution in [2.24, 2.45) is 5.73 Å². The van der Waals surface area contributed by atoms with Gasteiger partial charge in [-0.05, 0) is 49.1 Å². The maximum Gasteiger partial charge on any atom is 0.227 e. The Balaban J connectivity index is 1.69. The summed E-state index contributed by atoms with van der Waals surface area (Å²) < 4.78 is 5.79. The molecule has 5 heteroatoms. The number of aliphatic hydroxyl groups excluding tert-OH is 1. The zero-order valence-electron chi connectivity index (χ0n) is 13.2. The molecule has 124 valence electrons. The summed E-state index contributed by atoms with van der Waals surface area (Å²) in [6, 6.07) is 15.0. The fraction of sp³-hybridized carbons (Fsp3) is 0.316. The van der Waals surface area contributed by atoms with E-state index in [0.717, 1.165) is 35.1 Å². The predicted molar refractivity (Wildman–Crippen MR) is 94.8 cm³/mol. The summed E-state index contributed by atoms with van der Waals surface area (Å²) in [6.07, 6.45) is 1.74. The number of aliphatic hydroxyl groups is 1. The van der Waals surface area contributed by atoms with Crippen LogP contribution >= 0.6 is 11.6 Å². The lowest BCUT2D eigenvalue weighted by molar-refractivity contribution is 0.0736. The fourth-order valence-electron chi connectivity index (χ4n) is 3.47. The Kier molecular flexibility index (Phi) is 3.83. The van der Waals surface area contributed by atoms with E-state index in [-0.39, 0.29) is 6.04 Å². The third-order valence-corrected chi connectivity index (χ3v) is 5.64.